The summed E-state index contributed by atoms with van der Waals surface area (Å²) in [5.41, 5.74) is 0. The minimum absolute atomic E-state index is 0.0161. The molecule has 0 bridgehead atoms. The van der Waals surface area contributed by atoms with Gasteiger partial charge in [-0.3, -0.25) is 18.6 Å². The average molecular weight is 961 g/mol. The van der Waals surface area contributed by atoms with Crippen LogP contribution >= 0.6 is 7.82 Å². The van der Waals surface area contributed by atoms with Crippen molar-refractivity contribution in [2.24, 2.45) is 0 Å². The highest BCUT2D eigenvalue weighted by Gasteiger charge is 2.27. The lowest BCUT2D eigenvalue weighted by Crippen LogP contribution is -2.37. The van der Waals surface area contributed by atoms with Crippen LogP contribution in [0.2, 0.25) is 0 Å². The fourth-order valence-corrected chi connectivity index (χ4v) is 8.08. The van der Waals surface area contributed by atoms with Crippen LogP contribution in [0.5, 0.6) is 0 Å². The van der Waals surface area contributed by atoms with E-state index in [1.54, 1.807) is 0 Å². The predicted molar refractivity (Wildman–Crippen MR) is 284 cm³/mol. The van der Waals surface area contributed by atoms with Gasteiger partial charge in [-0.2, -0.15) is 0 Å². The molecule has 2 atom stereocenters. The number of quaternary nitrogens is 1. The van der Waals surface area contributed by atoms with Gasteiger partial charge in [0, 0.05) is 12.8 Å². The minimum Gasteiger partial charge on any atom is -0.462 e. The van der Waals surface area contributed by atoms with E-state index >= 15 is 0 Å². The summed E-state index contributed by atoms with van der Waals surface area (Å²) >= 11 is 0. The van der Waals surface area contributed by atoms with Gasteiger partial charge in [-0.15, -0.1) is 0 Å². The van der Waals surface area contributed by atoms with E-state index in [1.165, 1.54) is 135 Å². The Hall–Kier alpha value is -2.55. The first-order chi connectivity index (χ1) is 32.5. The maximum absolute atomic E-state index is 12.7. The molecule has 0 fully saturated rings. The summed E-state index contributed by atoms with van der Waals surface area (Å²) < 4.78 is 34.4. The molecule has 0 aromatic rings. The molecule has 388 valence electrons. The molecule has 0 spiro atoms. The van der Waals surface area contributed by atoms with Gasteiger partial charge in [0.1, 0.15) is 19.8 Å². The first-order valence-corrected chi connectivity index (χ1v) is 28.7. The number of phosphoric acid groups is 1. The molecule has 0 aliphatic carbocycles. The average Bonchev–Trinajstić information content (AvgIpc) is 3.29. The third-order valence-electron chi connectivity index (χ3n) is 11.5. The molecule has 0 heterocycles. The van der Waals surface area contributed by atoms with E-state index in [2.05, 4.69) is 74.6 Å². The van der Waals surface area contributed by atoms with Gasteiger partial charge < -0.3 is 18.9 Å². The molecule has 67 heavy (non-hydrogen) atoms. The van der Waals surface area contributed by atoms with Gasteiger partial charge in [0.15, 0.2) is 6.10 Å². The van der Waals surface area contributed by atoms with Gasteiger partial charge in [-0.25, -0.2) is 4.57 Å². The molecule has 2 unspecified atom stereocenters. The maximum Gasteiger partial charge on any atom is 0.472 e. The molecular formula is C57H103NO8P+. The molecule has 0 saturated carbocycles. The standard InChI is InChI=1S/C57H102NO8P/c1-6-8-10-12-14-16-18-20-22-24-26-27-28-29-30-32-33-35-37-39-41-43-45-47-49-56(59)63-53-55(54-65-67(61,62)64-52-51-58(3,4)5)66-57(60)50-48-46-44-42-40-38-36-34-31-25-23-21-19-17-15-13-11-9-7-2/h9,11,15,17,21,23,31,34,38,40,44,46,55H,6-8,10,12-14,16,18-20,22,24-30,32-33,35-37,39,41-43,45,47-54H2,1-5H3/p+1/b11-9-,17-15-,23-21-,34-31-,40-38-,46-44-. The summed E-state index contributed by atoms with van der Waals surface area (Å²) in [6.07, 6.45) is 62.7. The predicted octanol–water partition coefficient (Wildman–Crippen LogP) is 16.5. The number of allylic oxidation sites excluding steroid dienone is 12. The first-order valence-electron chi connectivity index (χ1n) is 27.2. The first kappa shape index (κ1) is 64.5. The Balaban J connectivity index is 4.27. The lowest BCUT2D eigenvalue weighted by Gasteiger charge is -2.24. The fraction of sp³-hybridized carbons (Fsp3) is 0.754. The van der Waals surface area contributed by atoms with E-state index in [1.807, 2.05) is 33.3 Å². The number of likely N-dealkylation sites (N-methyl/N-ethyl adjacent to an activating group) is 1. The molecule has 0 amide bonds. The van der Waals surface area contributed by atoms with Crippen LogP contribution < -0.4 is 0 Å². The highest BCUT2D eigenvalue weighted by Crippen LogP contribution is 2.43. The van der Waals surface area contributed by atoms with Crippen molar-refractivity contribution in [1.82, 2.24) is 0 Å². The van der Waals surface area contributed by atoms with Crippen molar-refractivity contribution < 1.29 is 42.1 Å². The van der Waals surface area contributed by atoms with Crippen molar-refractivity contribution in [2.45, 2.75) is 232 Å². The number of ether oxygens (including phenoxy) is 2. The molecule has 0 aliphatic heterocycles. The van der Waals surface area contributed by atoms with E-state index in [-0.39, 0.29) is 32.0 Å². The maximum atomic E-state index is 12.7. The van der Waals surface area contributed by atoms with Crippen LogP contribution in [0.25, 0.3) is 0 Å². The molecule has 0 radical (unpaired) electrons. The van der Waals surface area contributed by atoms with Crippen molar-refractivity contribution in [1.29, 1.82) is 0 Å². The summed E-state index contributed by atoms with van der Waals surface area (Å²) in [5, 5.41) is 0. The van der Waals surface area contributed by atoms with Crippen molar-refractivity contribution >= 4 is 19.8 Å². The largest absolute Gasteiger partial charge is 0.472 e. The Morgan fingerprint density at radius 2 is 0.851 bits per heavy atom. The number of phosphoric ester groups is 1. The molecule has 0 aliphatic rings. The Morgan fingerprint density at radius 3 is 1.24 bits per heavy atom. The summed E-state index contributed by atoms with van der Waals surface area (Å²) in [4.78, 5) is 35.6. The van der Waals surface area contributed by atoms with Gasteiger partial charge >= 0.3 is 19.8 Å². The summed E-state index contributed by atoms with van der Waals surface area (Å²) in [7, 11) is 1.43. The second-order valence-corrected chi connectivity index (χ2v) is 20.7. The van der Waals surface area contributed by atoms with Gasteiger partial charge in [0.2, 0.25) is 0 Å². The second kappa shape index (κ2) is 48.5. The van der Waals surface area contributed by atoms with Crippen LogP contribution in [0, 0.1) is 0 Å². The second-order valence-electron chi connectivity index (χ2n) is 19.2. The molecule has 1 N–H and O–H groups in total. The fourth-order valence-electron chi connectivity index (χ4n) is 7.34. The van der Waals surface area contributed by atoms with Crippen molar-refractivity contribution in [3.8, 4) is 0 Å². The molecular weight excluding hydrogens is 858 g/mol. The number of esters is 2. The summed E-state index contributed by atoms with van der Waals surface area (Å²) in [6.45, 7) is 4.25. The van der Waals surface area contributed by atoms with E-state index in [0.29, 0.717) is 17.4 Å². The smallest absolute Gasteiger partial charge is 0.462 e. The highest BCUT2D eigenvalue weighted by molar-refractivity contribution is 7.47. The Bertz CT molecular complexity index is 1360. The molecule has 9 nitrogen and oxygen atoms in total. The molecule has 0 saturated heterocycles. The summed E-state index contributed by atoms with van der Waals surface area (Å²) in [6, 6.07) is 0. The Morgan fingerprint density at radius 1 is 0.478 bits per heavy atom. The number of carbonyl (C=O) groups is 2. The van der Waals surface area contributed by atoms with E-state index in [4.69, 9.17) is 18.5 Å². The van der Waals surface area contributed by atoms with Gasteiger partial charge in [0.25, 0.3) is 0 Å². The molecule has 0 aromatic heterocycles. The van der Waals surface area contributed by atoms with Crippen LogP contribution in [0.4, 0.5) is 0 Å². The minimum atomic E-state index is -4.40. The van der Waals surface area contributed by atoms with Crippen molar-refractivity contribution in [3.05, 3.63) is 72.9 Å². The van der Waals surface area contributed by atoms with Gasteiger partial charge in [-0.05, 0) is 51.4 Å². The zero-order valence-electron chi connectivity index (χ0n) is 43.9. The summed E-state index contributed by atoms with van der Waals surface area (Å²) in [5.74, 6) is -0.892. The number of rotatable bonds is 49. The van der Waals surface area contributed by atoms with Gasteiger partial charge in [0.05, 0.1) is 27.7 Å². The zero-order valence-corrected chi connectivity index (χ0v) is 44.8. The third kappa shape index (κ3) is 52.7. The quantitative estimate of drug-likeness (QED) is 0.0211. The normalized spacial score (nSPS) is 13.9. The van der Waals surface area contributed by atoms with Gasteiger partial charge in [-0.1, -0.05) is 234 Å². The monoisotopic (exact) mass is 961 g/mol. The number of hydrogen-bond acceptors (Lipinski definition) is 7. The number of nitrogens with zero attached hydrogens (tertiary/aromatic N) is 1. The van der Waals surface area contributed by atoms with Crippen molar-refractivity contribution in [3.63, 3.8) is 0 Å². The SMILES string of the molecule is CC/C=C\C/C=C\C/C=C\C/C=C\C/C=C\C/C=C\CCC(=O)OC(COC(=O)CCCCCCCCCCCCCCCCCCCCCCCCCC)COP(=O)(O)OCC[N+](C)(C)C. The van der Waals surface area contributed by atoms with E-state index < -0.39 is 26.5 Å². The topological polar surface area (TPSA) is 108 Å². The van der Waals surface area contributed by atoms with Crippen LogP contribution in [0.15, 0.2) is 72.9 Å². The third-order valence-corrected chi connectivity index (χ3v) is 12.5. The van der Waals surface area contributed by atoms with Crippen LogP contribution in [0.3, 0.4) is 0 Å². The van der Waals surface area contributed by atoms with Crippen molar-refractivity contribution in [2.75, 3.05) is 47.5 Å². The number of unbranched alkanes of at least 4 members (excludes halogenated alkanes) is 23. The Labute approximate surface area is 412 Å². The number of hydrogen-bond donors (Lipinski definition) is 1. The molecule has 0 rings (SSSR count). The van der Waals surface area contributed by atoms with Crippen LogP contribution in [-0.2, 0) is 32.7 Å². The lowest BCUT2D eigenvalue weighted by atomic mass is 10.0. The lowest BCUT2D eigenvalue weighted by molar-refractivity contribution is -0.870. The number of carbonyl (C=O) groups excluding carboxylic acids is 2. The zero-order chi connectivity index (χ0) is 49.2. The van der Waals surface area contributed by atoms with E-state index in [9.17, 15) is 19.0 Å². The highest BCUT2D eigenvalue weighted by atomic mass is 31.2. The van der Waals surface area contributed by atoms with Crippen LogP contribution in [0.1, 0.15) is 226 Å². The van der Waals surface area contributed by atoms with Crippen LogP contribution in [-0.4, -0.2) is 74.9 Å². The van der Waals surface area contributed by atoms with E-state index in [0.717, 1.165) is 57.8 Å². The molecule has 10 heteroatoms. The Kier molecular flexibility index (Phi) is 46.6. The molecule has 0 aromatic carbocycles.